The Bertz CT molecular complexity index is 1240. The summed E-state index contributed by atoms with van der Waals surface area (Å²) in [7, 11) is 1.60. The van der Waals surface area contributed by atoms with Gasteiger partial charge in [-0.2, -0.15) is 0 Å². The Morgan fingerprint density at radius 2 is 1.81 bits per heavy atom. The molecule has 2 N–H and O–H groups in total. The maximum absolute atomic E-state index is 11.9. The fourth-order valence-electron chi connectivity index (χ4n) is 3.20. The van der Waals surface area contributed by atoms with Crippen molar-refractivity contribution in [2.75, 3.05) is 17.7 Å². The van der Waals surface area contributed by atoms with Crippen LogP contribution in [-0.4, -0.2) is 27.0 Å². The number of nitrogens with zero attached hydrogens (tertiary/aromatic N) is 4. The zero-order chi connectivity index (χ0) is 21.8. The van der Waals surface area contributed by atoms with E-state index in [4.69, 9.17) is 4.74 Å². The summed E-state index contributed by atoms with van der Waals surface area (Å²) in [4.78, 5) is 24.1. The molecule has 0 saturated heterocycles. The van der Waals surface area contributed by atoms with Crippen LogP contribution in [0, 0.1) is 17.0 Å². The molecule has 0 amide bonds. The monoisotopic (exact) mass is 416 g/mol. The van der Waals surface area contributed by atoms with Gasteiger partial charge in [0, 0.05) is 23.3 Å². The second kappa shape index (κ2) is 8.62. The van der Waals surface area contributed by atoms with E-state index in [2.05, 4.69) is 25.6 Å². The molecule has 0 bridgehead atoms. The molecule has 4 aromatic rings. The molecule has 0 aliphatic carbocycles. The van der Waals surface area contributed by atoms with E-state index in [1.165, 1.54) is 6.33 Å². The number of pyridine rings is 1. The van der Waals surface area contributed by atoms with Crippen molar-refractivity contribution < 1.29 is 9.66 Å². The Kier molecular flexibility index (Phi) is 5.57. The Labute approximate surface area is 178 Å². The molecule has 4 rings (SSSR count). The van der Waals surface area contributed by atoms with E-state index in [1.807, 2.05) is 61.5 Å². The smallest absolute Gasteiger partial charge is 0.353 e. The predicted octanol–water partition coefficient (Wildman–Crippen LogP) is 4.61. The zero-order valence-corrected chi connectivity index (χ0v) is 17.0. The van der Waals surface area contributed by atoms with Crippen LogP contribution in [-0.2, 0) is 6.54 Å². The van der Waals surface area contributed by atoms with Crippen LogP contribution in [0.25, 0.3) is 10.9 Å². The molecule has 9 heteroatoms. The van der Waals surface area contributed by atoms with Crippen LogP contribution in [0.1, 0.15) is 11.3 Å². The lowest BCUT2D eigenvalue weighted by atomic mass is 10.1. The Hall–Kier alpha value is -4.27. The quantitative estimate of drug-likeness (QED) is 0.332. The molecule has 2 heterocycles. The second-order valence-electron chi connectivity index (χ2n) is 6.83. The third-order valence-electron chi connectivity index (χ3n) is 4.75. The number of benzene rings is 2. The first-order valence-electron chi connectivity index (χ1n) is 9.55. The zero-order valence-electron chi connectivity index (χ0n) is 17.0. The standard InChI is InChI=1S/C22H20N6O3/c1-14-6-11-17-18(26-14)4-3-5-19(17)27-22-20(28(29)30)21(24-13-25-22)23-12-15-7-9-16(31-2)10-8-15/h3-11,13H,12H2,1-2H3,(H2,23,24,25,27). The van der Waals surface area contributed by atoms with Crippen LogP contribution in [0.3, 0.4) is 0 Å². The summed E-state index contributed by atoms with van der Waals surface area (Å²) in [5.74, 6) is 0.973. The number of hydrogen-bond acceptors (Lipinski definition) is 8. The summed E-state index contributed by atoms with van der Waals surface area (Å²) in [6.45, 7) is 2.27. The van der Waals surface area contributed by atoms with Crippen molar-refractivity contribution in [1.82, 2.24) is 15.0 Å². The average Bonchev–Trinajstić information content (AvgIpc) is 2.78. The highest BCUT2D eigenvalue weighted by molar-refractivity contribution is 5.94. The summed E-state index contributed by atoms with van der Waals surface area (Å²) in [6, 6.07) is 16.8. The normalized spacial score (nSPS) is 10.6. The van der Waals surface area contributed by atoms with Gasteiger partial charge in [0.25, 0.3) is 0 Å². The van der Waals surface area contributed by atoms with Crippen molar-refractivity contribution in [3.63, 3.8) is 0 Å². The van der Waals surface area contributed by atoms with Crippen LogP contribution in [0.2, 0.25) is 0 Å². The van der Waals surface area contributed by atoms with Crippen LogP contribution in [0.15, 0.2) is 60.9 Å². The fraction of sp³-hybridized carbons (Fsp3) is 0.136. The van der Waals surface area contributed by atoms with Crippen molar-refractivity contribution in [3.05, 3.63) is 82.3 Å². The van der Waals surface area contributed by atoms with E-state index in [-0.39, 0.29) is 17.3 Å². The topological polar surface area (TPSA) is 115 Å². The molecule has 0 saturated carbocycles. The molecule has 9 nitrogen and oxygen atoms in total. The van der Waals surface area contributed by atoms with Gasteiger partial charge >= 0.3 is 5.69 Å². The molecule has 0 spiro atoms. The van der Waals surface area contributed by atoms with Crippen molar-refractivity contribution in [1.29, 1.82) is 0 Å². The molecular weight excluding hydrogens is 396 g/mol. The third kappa shape index (κ3) is 4.35. The molecule has 0 unspecified atom stereocenters. The molecule has 2 aromatic heterocycles. The molecule has 2 aromatic carbocycles. The minimum atomic E-state index is -0.494. The number of methoxy groups -OCH3 is 1. The maximum Gasteiger partial charge on any atom is 0.353 e. The van der Waals surface area contributed by atoms with Crippen LogP contribution < -0.4 is 15.4 Å². The lowest BCUT2D eigenvalue weighted by Crippen LogP contribution is -2.08. The van der Waals surface area contributed by atoms with E-state index in [0.29, 0.717) is 12.2 Å². The van der Waals surface area contributed by atoms with Crippen molar-refractivity contribution in [2.24, 2.45) is 0 Å². The van der Waals surface area contributed by atoms with Gasteiger partial charge in [-0.1, -0.05) is 18.2 Å². The van der Waals surface area contributed by atoms with Gasteiger partial charge in [-0.3, -0.25) is 15.1 Å². The molecule has 31 heavy (non-hydrogen) atoms. The number of aromatic nitrogens is 3. The lowest BCUT2D eigenvalue weighted by molar-refractivity contribution is -0.383. The SMILES string of the molecule is COc1ccc(CNc2ncnc(Nc3cccc4nc(C)ccc34)c2[N+](=O)[O-])cc1. The van der Waals surface area contributed by atoms with Gasteiger partial charge in [0.2, 0.25) is 11.6 Å². The number of nitro groups is 1. The number of anilines is 3. The Morgan fingerprint density at radius 3 is 2.55 bits per heavy atom. The van der Waals surface area contributed by atoms with Crippen LogP contribution in [0.5, 0.6) is 5.75 Å². The number of fused-ring (bicyclic) bond motifs is 1. The first kappa shape index (κ1) is 20.0. The molecule has 0 aliphatic heterocycles. The molecule has 156 valence electrons. The highest BCUT2D eigenvalue weighted by Gasteiger charge is 2.23. The summed E-state index contributed by atoms with van der Waals surface area (Å²) in [5, 5.41) is 18.8. The van der Waals surface area contributed by atoms with Gasteiger partial charge < -0.3 is 15.4 Å². The molecule has 0 aliphatic rings. The highest BCUT2D eigenvalue weighted by atomic mass is 16.6. The van der Waals surface area contributed by atoms with Crippen LogP contribution in [0.4, 0.5) is 23.0 Å². The molecule has 0 fully saturated rings. The Balaban J connectivity index is 1.64. The van der Waals surface area contributed by atoms with E-state index in [0.717, 1.165) is 27.9 Å². The number of nitrogens with one attached hydrogen (secondary N) is 2. The van der Waals surface area contributed by atoms with Crippen molar-refractivity contribution in [2.45, 2.75) is 13.5 Å². The van der Waals surface area contributed by atoms with E-state index in [1.54, 1.807) is 7.11 Å². The van der Waals surface area contributed by atoms with E-state index >= 15 is 0 Å². The van der Waals surface area contributed by atoms with Crippen LogP contribution >= 0.6 is 0 Å². The van der Waals surface area contributed by atoms with Gasteiger partial charge in [-0.15, -0.1) is 0 Å². The second-order valence-corrected chi connectivity index (χ2v) is 6.83. The largest absolute Gasteiger partial charge is 0.497 e. The lowest BCUT2D eigenvalue weighted by Gasteiger charge is -2.12. The highest BCUT2D eigenvalue weighted by Crippen LogP contribution is 2.33. The minimum absolute atomic E-state index is 0.102. The maximum atomic E-state index is 11.9. The summed E-state index contributed by atoms with van der Waals surface area (Å²) >= 11 is 0. The van der Waals surface area contributed by atoms with Gasteiger partial charge in [0.05, 0.1) is 17.5 Å². The van der Waals surface area contributed by atoms with Crippen molar-refractivity contribution >= 4 is 33.9 Å². The number of aryl methyl sites for hydroxylation is 1. The summed E-state index contributed by atoms with van der Waals surface area (Å²) in [5.41, 5.74) is 3.06. The van der Waals surface area contributed by atoms with Gasteiger partial charge in [-0.05, 0) is 48.9 Å². The minimum Gasteiger partial charge on any atom is -0.497 e. The fourth-order valence-corrected chi connectivity index (χ4v) is 3.20. The predicted molar refractivity (Wildman–Crippen MR) is 119 cm³/mol. The van der Waals surface area contributed by atoms with Gasteiger partial charge in [-0.25, -0.2) is 9.97 Å². The molecule has 0 radical (unpaired) electrons. The summed E-state index contributed by atoms with van der Waals surface area (Å²) in [6.07, 6.45) is 1.29. The Morgan fingerprint density at radius 1 is 1.03 bits per heavy atom. The van der Waals surface area contributed by atoms with Crippen molar-refractivity contribution in [3.8, 4) is 5.75 Å². The molecular formula is C22H20N6O3. The van der Waals surface area contributed by atoms with E-state index < -0.39 is 4.92 Å². The summed E-state index contributed by atoms with van der Waals surface area (Å²) < 4.78 is 5.15. The number of rotatable bonds is 7. The van der Waals surface area contributed by atoms with E-state index in [9.17, 15) is 10.1 Å². The van der Waals surface area contributed by atoms with Gasteiger partial charge in [0.1, 0.15) is 12.1 Å². The number of ether oxygens (including phenoxy) is 1. The number of hydrogen-bond donors (Lipinski definition) is 2. The first-order valence-corrected chi connectivity index (χ1v) is 9.55. The third-order valence-corrected chi connectivity index (χ3v) is 4.75. The average molecular weight is 416 g/mol. The first-order chi connectivity index (χ1) is 15.0. The van der Waals surface area contributed by atoms with Gasteiger partial charge in [0.15, 0.2) is 0 Å². The molecule has 0 atom stereocenters.